The molecule has 0 saturated carbocycles. The molecule has 1 aliphatic carbocycles. The van der Waals surface area contributed by atoms with Crippen LogP contribution in [0, 0.1) is 18.3 Å². The molecule has 2 heterocycles. The van der Waals surface area contributed by atoms with Crippen molar-refractivity contribution >= 4 is 28.2 Å². The highest BCUT2D eigenvalue weighted by atomic mass is 32.1. The van der Waals surface area contributed by atoms with Crippen molar-refractivity contribution in [2.24, 2.45) is 0 Å². The second-order valence-electron chi connectivity index (χ2n) is 6.77. The van der Waals surface area contributed by atoms with Crippen LogP contribution >= 0.6 is 11.3 Å². The molecule has 0 saturated heterocycles. The van der Waals surface area contributed by atoms with Gasteiger partial charge in [-0.05, 0) is 49.8 Å². The van der Waals surface area contributed by atoms with Gasteiger partial charge in [-0.15, -0.1) is 11.3 Å². The van der Waals surface area contributed by atoms with Crippen LogP contribution in [0.3, 0.4) is 0 Å². The third-order valence-corrected chi connectivity index (χ3v) is 6.15. The molecule has 2 aliphatic rings. The molecule has 1 atom stereocenters. The van der Waals surface area contributed by atoms with Crippen LogP contribution in [-0.2, 0) is 28.8 Å². The molecule has 4 rings (SSSR count). The fraction of sp³-hybridized carbons (Fsp3) is 0.350. The number of thiophene rings is 1. The minimum Gasteiger partial charge on any atom is -0.448 e. The number of carbonyl (C=O) groups is 2. The van der Waals surface area contributed by atoms with Gasteiger partial charge in [0.2, 0.25) is 0 Å². The molecule has 1 aromatic heterocycles. The zero-order valence-electron chi connectivity index (χ0n) is 14.4. The number of ether oxygens (including phenoxy) is 1. The second kappa shape index (κ2) is 6.58. The topological polar surface area (TPSA) is 79.2 Å². The Morgan fingerprint density at radius 3 is 2.96 bits per heavy atom. The van der Waals surface area contributed by atoms with E-state index < -0.39 is 12.1 Å². The number of nitrogens with zero attached hydrogens (tertiary/aromatic N) is 1. The highest BCUT2D eigenvalue weighted by Crippen LogP contribution is 2.38. The van der Waals surface area contributed by atoms with E-state index in [9.17, 15) is 14.9 Å². The average molecular weight is 366 g/mol. The van der Waals surface area contributed by atoms with Crippen LogP contribution in [0.2, 0.25) is 0 Å². The van der Waals surface area contributed by atoms with Crippen molar-refractivity contribution in [1.82, 2.24) is 0 Å². The van der Waals surface area contributed by atoms with Crippen LogP contribution in [0.1, 0.15) is 50.3 Å². The number of benzene rings is 1. The van der Waals surface area contributed by atoms with Gasteiger partial charge >= 0.3 is 5.97 Å². The molecule has 0 fully saturated rings. The number of hydrogen-bond donors (Lipinski definition) is 1. The lowest BCUT2D eigenvalue weighted by atomic mass is 9.95. The number of anilines is 1. The van der Waals surface area contributed by atoms with E-state index in [1.54, 1.807) is 6.07 Å². The molecule has 132 valence electrons. The first-order chi connectivity index (χ1) is 12.6. The number of amides is 1. The summed E-state index contributed by atoms with van der Waals surface area (Å²) in [6.45, 7) is 1.95. The predicted molar refractivity (Wildman–Crippen MR) is 98.4 cm³/mol. The number of hydrogen-bond acceptors (Lipinski definition) is 5. The lowest BCUT2D eigenvalue weighted by Gasteiger charge is -2.24. The maximum Gasteiger partial charge on any atom is 0.339 e. The highest BCUT2D eigenvalue weighted by molar-refractivity contribution is 7.16. The van der Waals surface area contributed by atoms with Gasteiger partial charge in [0, 0.05) is 11.3 Å². The quantitative estimate of drug-likeness (QED) is 0.825. The number of nitrogens with one attached hydrogen (secondary N) is 1. The molecule has 1 aromatic carbocycles. The fourth-order valence-corrected chi connectivity index (χ4v) is 4.88. The van der Waals surface area contributed by atoms with E-state index in [4.69, 9.17) is 4.74 Å². The first-order valence-corrected chi connectivity index (χ1v) is 9.54. The van der Waals surface area contributed by atoms with E-state index in [2.05, 4.69) is 11.4 Å². The Kier molecular flexibility index (Phi) is 4.25. The standard InChI is InChI=1S/C20H18N2O3S/c1-11-6-7-13-12(8-11)9-16(25-20(13)24)18(23)22-19-15(10-21)14-4-2-3-5-17(14)26-19/h6-8,16H,2-5,9H2,1H3,(H,22,23). The van der Waals surface area contributed by atoms with E-state index >= 15 is 0 Å². The Morgan fingerprint density at radius 2 is 2.15 bits per heavy atom. The van der Waals surface area contributed by atoms with Crippen LogP contribution in [0.15, 0.2) is 18.2 Å². The molecule has 1 amide bonds. The number of cyclic esters (lactones) is 1. The summed E-state index contributed by atoms with van der Waals surface area (Å²) < 4.78 is 5.33. The summed E-state index contributed by atoms with van der Waals surface area (Å²) in [6.07, 6.45) is 3.50. The molecule has 6 heteroatoms. The van der Waals surface area contributed by atoms with Crippen LogP contribution in [0.4, 0.5) is 5.00 Å². The molecule has 2 aromatic rings. The largest absolute Gasteiger partial charge is 0.448 e. The Balaban J connectivity index is 1.57. The third-order valence-electron chi connectivity index (χ3n) is 4.95. The van der Waals surface area contributed by atoms with Crippen molar-refractivity contribution in [2.45, 2.75) is 45.1 Å². The minimum absolute atomic E-state index is 0.349. The van der Waals surface area contributed by atoms with E-state index in [1.807, 2.05) is 19.1 Å². The van der Waals surface area contributed by atoms with Gasteiger partial charge in [0.25, 0.3) is 5.91 Å². The van der Waals surface area contributed by atoms with E-state index in [0.717, 1.165) is 42.4 Å². The number of nitriles is 1. The normalized spacial score (nSPS) is 18.3. The van der Waals surface area contributed by atoms with E-state index in [1.165, 1.54) is 16.2 Å². The van der Waals surface area contributed by atoms with Gasteiger partial charge in [-0.1, -0.05) is 17.7 Å². The van der Waals surface area contributed by atoms with Crippen LogP contribution in [0.5, 0.6) is 0 Å². The SMILES string of the molecule is Cc1ccc2c(c1)CC(C(=O)Nc1sc3c(c1C#N)CCCC3)OC2=O. The lowest BCUT2D eigenvalue weighted by Crippen LogP contribution is -2.38. The summed E-state index contributed by atoms with van der Waals surface area (Å²) in [4.78, 5) is 26.1. The van der Waals surface area contributed by atoms with Crippen LogP contribution in [-0.4, -0.2) is 18.0 Å². The molecule has 1 aliphatic heterocycles. The maximum absolute atomic E-state index is 12.7. The fourth-order valence-electron chi connectivity index (χ4n) is 3.64. The van der Waals surface area contributed by atoms with Crippen molar-refractivity contribution in [2.75, 3.05) is 5.32 Å². The average Bonchev–Trinajstić information content (AvgIpc) is 2.98. The summed E-state index contributed by atoms with van der Waals surface area (Å²) in [6, 6.07) is 7.74. The van der Waals surface area contributed by atoms with Gasteiger partial charge in [-0.2, -0.15) is 5.26 Å². The second-order valence-corrected chi connectivity index (χ2v) is 7.88. The molecule has 0 radical (unpaired) electrons. The van der Waals surface area contributed by atoms with Crippen LogP contribution < -0.4 is 5.32 Å². The molecule has 1 unspecified atom stereocenters. The first kappa shape index (κ1) is 16.8. The number of aryl methyl sites for hydroxylation is 2. The smallest absolute Gasteiger partial charge is 0.339 e. The lowest BCUT2D eigenvalue weighted by molar-refractivity contribution is -0.125. The number of fused-ring (bicyclic) bond motifs is 2. The Morgan fingerprint density at radius 1 is 1.35 bits per heavy atom. The van der Waals surface area contributed by atoms with E-state index in [0.29, 0.717) is 22.5 Å². The van der Waals surface area contributed by atoms with Gasteiger partial charge in [0.1, 0.15) is 11.1 Å². The summed E-state index contributed by atoms with van der Waals surface area (Å²) in [5.74, 6) is -0.849. The third kappa shape index (κ3) is 2.89. The highest BCUT2D eigenvalue weighted by Gasteiger charge is 2.32. The molecular weight excluding hydrogens is 348 g/mol. The zero-order valence-corrected chi connectivity index (χ0v) is 15.2. The summed E-state index contributed by atoms with van der Waals surface area (Å²) in [5, 5.41) is 12.9. The van der Waals surface area contributed by atoms with Gasteiger partial charge in [0.05, 0.1) is 11.1 Å². The maximum atomic E-state index is 12.7. The van der Waals surface area contributed by atoms with E-state index in [-0.39, 0.29) is 5.91 Å². The summed E-state index contributed by atoms with van der Waals surface area (Å²) in [7, 11) is 0. The number of carbonyl (C=O) groups excluding carboxylic acids is 2. The van der Waals surface area contributed by atoms with Crippen molar-refractivity contribution < 1.29 is 14.3 Å². The van der Waals surface area contributed by atoms with Crippen molar-refractivity contribution in [3.05, 3.63) is 50.9 Å². The van der Waals surface area contributed by atoms with Crippen molar-refractivity contribution in [3.8, 4) is 6.07 Å². The molecule has 1 N–H and O–H groups in total. The molecular formula is C20H18N2O3S. The number of rotatable bonds is 2. The summed E-state index contributed by atoms with van der Waals surface area (Å²) in [5.41, 5.74) is 4.02. The Labute approximate surface area is 155 Å². The first-order valence-electron chi connectivity index (χ1n) is 8.73. The number of esters is 1. The van der Waals surface area contributed by atoms with Crippen LogP contribution in [0.25, 0.3) is 0 Å². The predicted octanol–water partition coefficient (Wildman–Crippen LogP) is 3.53. The van der Waals surface area contributed by atoms with Crippen molar-refractivity contribution in [3.63, 3.8) is 0 Å². The Hall–Kier alpha value is -2.65. The van der Waals surface area contributed by atoms with Gasteiger partial charge in [0.15, 0.2) is 6.10 Å². The van der Waals surface area contributed by atoms with Gasteiger partial charge in [-0.3, -0.25) is 4.79 Å². The zero-order chi connectivity index (χ0) is 18.3. The molecule has 0 bridgehead atoms. The van der Waals surface area contributed by atoms with Crippen molar-refractivity contribution in [1.29, 1.82) is 5.26 Å². The van der Waals surface area contributed by atoms with Gasteiger partial charge in [-0.25, -0.2) is 4.79 Å². The monoisotopic (exact) mass is 366 g/mol. The summed E-state index contributed by atoms with van der Waals surface area (Å²) >= 11 is 1.47. The Bertz CT molecular complexity index is 955. The molecule has 5 nitrogen and oxygen atoms in total. The minimum atomic E-state index is -0.873. The molecule has 0 spiro atoms. The molecule has 26 heavy (non-hydrogen) atoms. The van der Waals surface area contributed by atoms with Gasteiger partial charge < -0.3 is 10.1 Å².